The number of aromatic nitrogens is 2. The first-order chi connectivity index (χ1) is 17.9. The fraction of sp³-hybridized carbons (Fsp3) is 0.308. The molecule has 1 aromatic heterocycles. The Morgan fingerprint density at radius 2 is 1.87 bits per heavy atom. The van der Waals surface area contributed by atoms with E-state index >= 15 is 0 Å². The predicted octanol–water partition coefficient (Wildman–Crippen LogP) is 5.15. The quantitative estimate of drug-likeness (QED) is 0.401. The molecule has 0 bridgehead atoms. The SMILES string of the molecule is CC(C)(C)OC(=O)N1CCC[C@@H]1c1cccc(NC(=O)c2c(N)ncn(-c3c(Cl)cc(O)cc3Cl)c2=O)c1. The molecule has 200 valence electrons. The summed E-state index contributed by atoms with van der Waals surface area (Å²) in [4.78, 5) is 44.8. The molecule has 2 aromatic carbocycles. The first kappa shape index (κ1) is 27.3. The maximum atomic E-state index is 13.3. The smallest absolute Gasteiger partial charge is 0.410 e. The van der Waals surface area contributed by atoms with Crippen molar-refractivity contribution in [3.63, 3.8) is 0 Å². The summed E-state index contributed by atoms with van der Waals surface area (Å²) in [6, 6.07) is 9.21. The summed E-state index contributed by atoms with van der Waals surface area (Å²) in [6.07, 6.45) is 2.26. The Hall–Kier alpha value is -3.76. The number of benzene rings is 2. The van der Waals surface area contributed by atoms with Gasteiger partial charge in [-0.3, -0.25) is 14.2 Å². The van der Waals surface area contributed by atoms with E-state index in [2.05, 4.69) is 10.3 Å². The summed E-state index contributed by atoms with van der Waals surface area (Å²) in [6.45, 7) is 6.00. The number of phenols is 1. The highest BCUT2D eigenvalue weighted by atomic mass is 35.5. The molecule has 1 fully saturated rings. The Labute approximate surface area is 228 Å². The van der Waals surface area contributed by atoms with Crippen molar-refractivity contribution >= 4 is 46.7 Å². The molecule has 4 rings (SSSR count). The molecule has 0 saturated carbocycles. The van der Waals surface area contributed by atoms with Crippen molar-refractivity contribution in [3.05, 3.63) is 74.3 Å². The minimum absolute atomic E-state index is 0.0196. The zero-order valence-corrected chi connectivity index (χ0v) is 22.5. The minimum atomic E-state index is -0.799. The number of nitrogens with two attached hydrogens (primary N) is 1. The fourth-order valence-corrected chi connectivity index (χ4v) is 4.95. The Kier molecular flexibility index (Phi) is 7.57. The first-order valence-electron chi connectivity index (χ1n) is 11.8. The van der Waals surface area contributed by atoms with Gasteiger partial charge in [0.15, 0.2) is 0 Å². The number of amides is 2. The van der Waals surface area contributed by atoms with E-state index in [1.807, 2.05) is 26.8 Å². The molecule has 1 saturated heterocycles. The lowest BCUT2D eigenvalue weighted by molar-refractivity contribution is 0.0224. The Balaban J connectivity index is 1.62. The number of hydrogen-bond acceptors (Lipinski definition) is 7. The molecular weight excluding hydrogens is 533 g/mol. The first-order valence-corrected chi connectivity index (χ1v) is 12.6. The molecule has 0 unspecified atom stereocenters. The van der Waals surface area contributed by atoms with Gasteiger partial charge in [0.25, 0.3) is 11.5 Å². The van der Waals surface area contributed by atoms with Crippen molar-refractivity contribution in [1.29, 1.82) is 0 Å². The number of rotatable bonds is 4. The summed E-state index contributed by atoms with van der Waals surface area (Å²) in [5.74, 6) is -1.25. The van der Waals surface area contributed by atoms with Gasteiger partial charge in [-0.1, -0.05) is 35.3 Å². The van der Waals surface area contributed by atoms with Crippen molar-refractivity contribution in [3.8, 4) is 11.4 Å². The van der Waals surface area contributed by atoms with E-state index in [1.165, 1.54) is 12.1 Å². The van der Waals surface area contributed by atoms with Crippen LogP contribution in [0.25, 0.3) is 5.69 Å². The summed E-state index contributed by atoms with van der Waals surface area (Å²) < 4.78 is 6.54. The summed E-state index contributed by atoms with van der Waals surface area (Å²) >= 11 is 12.4. The number of likely N-dealkylation sites (tertiary alicyclic amines) is 1. The second-order valence-electron chi connectivity index (χ2n) is 9.85. The number of hydrogen-bond donors (Lipinski definition) is 3. The molecule has 2 heterocycles. The molecule has 0 spiro atoms. The maximum absolute atomic E-state index is 13.3. The van der Waals surface area contributed by atoms with Crippen LogP contribution in [0.4, 0.5) is 16.3 Å². The third-order valence-electron chi connectivity index (χ3n) is 5.88. The number of ether oxygens (including phenoxy) is 1. The predicted molar refractivity (Wildman–Crippen MR) is 145 cm³/mol. The molecule has 38 heavy (non-hydrogen) atoms. The van der Waals surface area contributed by atoms with Gasteiger partial charge in [-0.25, -0.2) is 9.78 Å². The van der Waals surface area contributed by atoms with Crippen LogP contribution in [-0.2, 0) is 4.74 Å². The van der Waals surface area contributed by atoms with Gasteiger partial charge in [-0.05, 0) is 51.3 Å². The average Bonchev–Trinajstić information content (AvgIpc) is 3.29. The van der Waals surface area contributed by atoms with Crippen molar-refractivity contribution in [1.82, 2.24) is 14.5 Å². The largest absolute Gasteiger partial charge is 0.508 e. The van der Waals surface area contributed by atoms with Gasteiger partial charge < -0.3 is 25.8 Å². The van der Waals surface area contributed by atoms with E-state index < -0.39 is 28.7 Å². The average molecular weight is 560 g/mol. The minimum Gasteiger partial charge on any atom is -0.508 e. The van der Waals surface area contributed by atoms with E-state index in [0.717, 1.165) is 29.3 Å². The van der Waals surface area contributed by atoms with Gasteiger partial charge in [0, 0.05) is 24.4 Å². The topological polar surface area (TPSA) is 140 Å². The highest BCUT2D eigenvalue weighted by molar-refractivity contribution is 6.38. The Morgan fingerprint density at radius 3 is 2.53 bits per heavy atom. The van der Waals surface area contributed by atoms with Crippen LogP contribution in [0.1, 0.15) is 55.6 Å². The molecule has 12 heteroatoms. The van der Waals surface area contributed by atoms with E-state index in [9.17, 15) is 19.5 Å². The number of carbonyl (C=O) groups is 2. The number of nitrogens with one attached hydrogen (secondary N) is 1. The van der Waals surface area contributed by atoms with Crippen LogP contribution in [0.3, 0.4) is 0 Å². The molecular formula is C26H27Cl2N5O5. The van der Waals surface area contributed by atoms with E-state index in [1.54, 1.807) is 23.1 Å². The number of aromatic hydroxyl groups is 1. The van der Waals surface area contributed by atoms with Crippen LogP contribution >= 0.6 is 23.2 Å². The van der Waals surface area contributed by atoms with Gasteiger partial charge >= 0.3 is 6.09 Å². The van der Waals surface area contributed by atoms with E-state index in [4.69, 9.17) is 33.7 Å². The molecule has 2 amide bonds. The van der Waals surface area contributed by atoms with Crippen molar-refractivity contribution in [2.75, 3.05) is 17.6 Å². The van der Waals surface area contributed by atoms with Crippen LogP contribution in [0.15, 0.2) is 47.5 Å². The molecule has 3 aromatic rings. The number of nitrogen functional groups attached to an aromatic ring is 1. The molecule has 4 N–H and O–H groups in total. The normalized spacial score (nSPS) is 15.4. The fourth-order valence-electron chi connectivity index (χ4n) is 4.29. The molecule has 1 atom stereocenters. The lowest BCUT2D eigenvalue weighted by Gasteiger charge is -2.29. The van der Waals surface area contributed by atoms with Gasteiger partial charge in [-0.15, -0.1) is 0 Å². The molecule has 0 radical (unpaired) electrons. The highest BCUT2D eigenvalue weighted by Gasteiger charge is 2.33. The zero-order valence-electron chi connectivity index (χ0n) is 21.0. The van der Waals surface area contributed by atoms with Gasteiger partial charge in [0.1, 0.15) is 29.1 Å². The van der Waals surface area contributed by atoms with Crippen molar-refractivity contribution < 1.29 is 19.4 Å². The molecule has 10 nitrogen and oxygen atoms in total. The standard InChI is InChI=1S/C26H27Cl2N5O5/c1-26(2,3)38-25(37)32-9-5-8-19(32)14-6-4-7-15(10-14)31-23(35)20-22(29)30-13-33(24(20)36)21-17(27)11-16(34)12-18(21)28/h4,6-7,10-13,19,34H,5,8-9,29H2,1-3H3,(H,31,35)/t19-/m1/s1. The summed E-state index contributed by atoms with van der Waals surface area (Å²) in [7, 11) is 0. The second-order valence-corrected chi connectivity index (χ2v) is 10.7. The van der Waals surface area contributed by atoms with Crippen LogP contribution in [-0.4, -0.2) is 43.7 Å². The van der Waals surface area contributed by atoms with Gasteiger partial charge in [0.2, 0.25) is 0 Å². The zero-order chi connectivity index (χ0) is 27.8. The van der Waals surface area contributed by atoms with Crippen LogP contribution in [0, 0.1) is 0 Å². The van der Waals surface area contributed by atoms with Crippen LogP contribution in [0.5, 0.6) is 5.75 Å². The summed E-state index contributed by atoms with van der Waals surface area (Å²) in [5, 5.41) is 12.3. The Bertz CT molecular complexity index is 1440. The van der Waals surface area contributed by atoms with E-state index in [0.29, 0.717) is 12.2 Å². The number of nitrogens with zero attached hydrogens (tertiary/aromatic N) is 3. The van der Waals surface area contributed by atoms with Gasteiger partial charge in [-0.2, -0.15) is 0 Å². The molecule has 1 aliphatic heterocycles. The van der Waals surface area contributed by atoms with Crippen LogP contribution in [0.2, 0.25) is 10.0 Å². The number of carbonyl (C=O) groups excluding carboxylic acids is 2. The van der Waals surface area contributed by atoms with E-state index in [-0.39, 0.29) is 33.3 Å². The van der Waals surface area contributed by atoms with Crippen molar-refractivity contribution in [2.24, 2.45) is 0 Å². The highest BCUT2D eigenvalue weighted by Crippen LogP contribution is 2.35. The lowest BCUT2D eigenvalue weighted by atomic mass is 10.0. The third kappa shape index (κ3) is 5.71. The van der Waals surface area contributed by atoms with Crippen LogP contribution < -0.4 is 16.6 Å². The van der Waals surface area contributed by atoms with Gasteiger partial charge in [0.05, 0.1) is 21.8 Å². The second kappa shape index (κ2) is 10.5. The molecule has 1 aliphatic rings. The summed E-state index contributed by atoms with van der Waals surface area (Å²) in [5.41, 5.74) is 5.34. The number of anilines is 2. The van der Waals surface area contributed by atoms with Crippen molar-refractivity contribution in [2.45, 2.75) is 45.3 Å². The monoisotopic (exact) mass is 559 g/mol. The number of phenolic OH excluding ortho intramolecular Hbond substituents is 1. The Morgan fingerprint density at radius 1 is 1.18 bits per heavy atom. The lowest BCUT2D eigenvalue weighted by Crippen LogP contribution is -2.36. The number of halogens is 2. The molecule has 0 aliphatic carbocycles. The maximum Gasteiger partial charge on any atom is 0.410 e. The third-order valence-corrected chi connectivity index (χ3v) is 6.46.